The van der Waals surface area contributed by atoms with Crippen LogP contribution in [0.3, 0.4) is 0 Å². The Labute approximate surface area is 292 Å². The number of nitrogens with one attached hydrogen (secondary N) is 2. The van der Waals surface area contributed by atoms with Crippen molar-refractivity contribution in [2.24, 2.45) is 28.1 Å². The minimum absolute atomic E-state index is 0.0377. The normalized spacial score (nSPS) is 12.7. The smallest absolute Gasteiger partial charge is 0.406 e. The van der Waals surface area contributed by atoms with Gasteiger partial charge in [0, 0.05) is 35.8 Å². The fourth-order valence-corrected chi connectivity index (χ4v) is 5.05. The summed E-state index contributed by atoms with van der Waals surface area (Å²) in [7, 11) is 0. The van der Waals surface area contributed by atoms with Crippen molar-refractivity contribution in [3.05, 3.63) is 87.6 Å². The van der Waals surface area contributed by atoms with Crippen LogP contribution in [0.1, 0.15) is 83.7 Å². The van der Waals surface area contributed by atoms with E-state index in [2.05, 4.69) is 58.8 Å². The van der Waals surface area contributed by atoms with Gasteiger partial charge in [-0.25, -0.2) is 4.79 Å². The van der Waals surface area contributed by atoms with Crippen LogP contribution in [-0.2, 0) is 23.8 Å². The van der Waals surface area contributed by atoms with Crippen LogP contribution in [0.5, 0.6) is 5.75 Å². The number of hydrogen-bond acceptors (Lipinski definition) is 6. The fourth-order valence-electron chi connectivity index (χ4n) is 5.05. The summed E-state index contributed by atoms with van der Waals surface area (Å²) in [5, 5.41) is 4.32. The van der Waals surface area contributed by atoms with Gasteiger partial charge in [0.2, 0.25) is 0 Å². The molecule has 0 aliphatic rings. The van der Waals surface area contributed by atoms with Crippen LogP contribution in [0, 0.1) is 5.92 Å². The van der Waals surface area contributed by atoms with Gasteiger partial charge in [0.1, 0.15) is 11.4 Å². The highest BCUT2D eigenvalue weighted by Crippen LogP contribution is 2.31. The van der Waals surface area contributed by atoms with E-state index < -0.39 is 6.36 Å². The molecule has 0 amide bonds. The first-order valence-corrected chi connectivity index (χ1v) is 16.8. The number of ether oxygens (including phenoxy) is 1. The average Bonchev–Trinajstić information content (AvgIpc) is 3.43. The Morgan fingerprint density at radius 2 is 1.66 bits per heavy atom. The number of aromatic nitrogens is 3. The van der Waals surface area contributed by atoms with Crippen molar-refractivity contribution in [3.8, 4) is 11.4 Å². The number of fused-ring (bicyclic) bond motifs is 1. The highest BCUT2D eigenvalue weighted by Gasteiger charge is 2.31. The molecule has 0 spiro atoms. The second-order valence-corrected chi connectivity index (χ2v) is 14.7. The quantitative estimate of drug-likeness (QED) is 0.0671. The number of hydrogen-bond donors (Lipinski definition) is 5. The van der Waals surface area contributed by atoms with Gasteiger partial charge in [0.15, 0.2) is 5.96 Å². The molecule has 274 valence electrons. The summed E-state index contributed by atoms with van der Waals surface area (Å²) in [5.41, 5.74) is 20.9. The number of nitrogens with zero attached hydrogens (tertiary/aromatic N) is 3. The molecular formula is C37H53F3N8O2. The van der Waals surface area contributed by atoms with E-state index in [1.54, 1.807) is 4.57 Å². The van der Waals surface area contributed by atoms with E-state index in [0.29, 0.717) is 31.1 Å². The molecule has 0 aliphatic carbocycles. The molecule has 50 heavy (non-hydrogen) atoms. The molecule has 1 atom stereocenters. The Kier molecular flexibility index (Phi) is 13.7. The largest absolute Gasteiger partial charge is 0.573 e. The van der Waals surface area contributed by atoms with Gasteiger partial charge in [-0.15, -0.1) is 13.2 Å². The van der Waals surface area contributed by atoms with Crippen molar-refractivity contribution in [1.29, 1.82) is 0 Å². The van der Waals surface area contributed by atoms with Crippen LogP contribution >= 0.6 is 0 Å². The number of rotatable bonds is 12. The lowest BCUT2D eigenvalue weighted by molar-refractivity contribution is -0.274. The minimum Gasteiger partial charge on any atom is -0.406 e. The number of aryl methyl sites for hydroxylation is 1. The van der Waals surface area contributed by atoms with E-state index in [1.807, 2.05) is 57.3 Å². The van der Waals surface area contributed by atoms with E-state index in [9.17, 15) is 18.0 Å². The first kappa shape index (κ1) is 40.1. The van der Waals surface area contributed by atoms with Gasteiger partial charge in [0.05, 0.1) is 5.69 Å². The third kappa shape index (κ3) is 12.8. The molecule has 2 heterocycles. The number of halogens is 3. The van der Waals surface area contributed by atoms with Crippen LogP contribution in [0.15, 0.2) is 64.5 Å². The maximum Gasteiger partial charge on any atom is 0.573 e. The van der Waals surface area contributed by atoms with Crippen molar-refractivity contribution in [2.45, 2.75) is 91.5 Å². The fraction of sp³-hybridized carbons (Fsp3) is 0.486. The molecular weight excluding hydrogens is 645 g/mol. The number of aliphatic imine (C=N–C) groups is 1. The molecule has 0 bridgehead atoms. The standard InChI is InChI=1S/C22H31N7O.C15H22F3NO/c1-14(11-26-20(23)24)10-25-12-15-5-7-17(8-6-15)29-13-16-9-18(22(2,3)4)27-19(16)28-21(29)30;1-14(2,3)12-8-11(6-4-5-7-19)9-13(10-12)20-15(16,17)18/h5-9,13-14,25H,10-12H2,1-4H3,(H4,23,24,26)(H,27,28,30);8-10H,4-7,19H2,1-3H3/t14-;/m1./s1. The summed E-state index contributed by atoms with van der Waals surface area (Å²) < 4.78 is 42.7. The molecule has 2 aromatic heterocycles. The topological polar surface area (TPSA) is 162 Å². The van der Waals surface area contributed by atoms with Crippen LogP contribution in [0.4, 0.5) is 13.2 Å². The van der Waals surface area contributed by atoms with E-state index in [1.165, 1.54) is 12.1 Å². The number of alkyl halides is 3. The molecule has 0 fully saturated rings. The van der Waals surface area contributed by atoms with E-state index in [4.69, 9.17) is 17.2 Å². The van der Waals surface area contributed by atoms with Gasteiger partial charge < -0.3 is 32.2 Å². The lowest BCUT2D eigenvalue weighted by Gasteiger charge is -2.21. The SMILES string of the molecule is CC(C)(C)c1cc(CCCCN)cc(OC(F)(F)F)c1.C[C@@H](CN=C(N)N)CNCc1ccc(-n2cc3cc(C(C)(C)C)[nH]c3nc2=O)cc1. The second-order valence-electron chi connectivity index (χ2n) is 14.7. The van der Waals surface area contributed by atoms with Crippen LogP contribution in [-0.4, -0.2) is 46.5 Å². The van der Waals surface area contributed by atoms with E-state index in [0.717, 1.165) is 59.4 Å². The molecule has 0 saturated carbocycles. The Bertz CT molecular complexity index is 1760. The number of guanidine groups is 1. The third-order valence-electron chi connectivity index (χ3n) is 7.92. The summed E-state index contributed by atoms with van der Waals surface area (Å²) in [5.74, 6) is 0.310. The van der Waals surface area contributed by atoms with Gasteiger partial charge in [-0.3, -0.25) is 9.56 Å². The molecule has 8 N–H and O–H groups in total. The van der Waals surface area contributed by atoms with Crippen LogP contribution in [0.25, 0.3) is 16.7 Å². The lowest BCUT2D eigenvalue weighted by Crippen LogP contribution is -2.26. The van der Waals surface area contributed by atoms with Crippen molar-refractivity contribution in [3.63, 3.8) is 0 Å². The summed E-state index contributed by atoms with van der Waals surface area (Å²) in [6.45, 7) is 17.1. The monoisotopic (exact) mass is 698 g/mol. The average molecular weight is 699 g/mol. The summed E-state index contributed by atoms with van der Waals surface area (Å²) in [6, 6.07) is 14.8. The van der Waals surface area contributed by atoms with Crippen LogP contribution < -0.4 is 32.9 Å². The molecule has 0 saturated heterocycles. The Balaban J connectivity index is 0.000000295. The van der Waals surface area contributed by atoms with E-state index >= 15 is 0 Å². The number of unbranched alkanes of at least 4 members (excludes halogenated alkanes) is 1. The highest BCUT2D eigenvalue weighted by atomic mass is 19.4. The second kappa shape index (κ2) is 17.0. The third-order valence-corrected chi connectivity index (χ3v) is 7.92. The predicted molar refractivity (Wildman–Crippen MR) is 196 cm³/mol. The number of nitrogens with two attached hydrogens (primary N) is 3. The van der Waals surface area contributed by atoms with Crippen molar-refractivity contribution >= 4 is 17.0 Å². The zero-order valence-electron chi connectivity index (χ0n) is 30.2. The molecule has 4 rings (SSSR count). The van der Waals surface area contributed by atoms with Gasteiger partial charge >= 0.3 is 12.1 Å². The number of H-pyrrole nitrogens is 1. The van der Waals surface area contributed by atoms with Crippen molar-refractivity contribution in [1.82, 2.24) is 19.9 Å². The highest BCUT2D eigenvalue weighted by molar-refractivity contribution is 5.76. The Hall–Kier alpha value is -4.36. The summed E-state index contributed by atoms with van der Waals surface area (Å²) >= 11 is 0. The number of aromatic amines is 1. The Morgan fingerprint density at radius 1 is 0.980 bits per heavy atom. The summed E-state index contributed by atoms with van der Waals surface area (Å²) in [6.07, 6.45) is -0.403. The molecule has 0 radical (unpaired) electrons. The van der Waals surface area contributed by atoms with Gasteiger partial charge in [-0.05, 0) is 90.7 Å². The van der Waals surface area contributed by atoms with Crippen molar-refractivity contribution < 1.29 is 17.9 Å². The predicted octanol–water partition coefficient (Wildman–Crippen LogP) is 6.17. The van der Waals surface area contributed by atoms with Gasteiger partial charge in [0.25, 0.3) is 0 Å². The summed E-state index contributed by atoms with van der Waals surface area (Å²) in [4.78, 5) is 24.0. The maximum atomic E-state index is 12.5. The van der Waals surface area contributed by atoms with Crippen LogP contribution in [0.2, 0.25) is 0 Å². The molecule has 2 aromatic carbocycles. The molecule has 0 aliphatic heterocycles. The molecule has 4 aromatic rings. The Morgan fingerprint density at radius 3 is 2.24 bits per heavy atom. The first-order chi connectivity index (χ1) is 23.2. The number of benzene rings is 2. The maximum absolute atomic E-state index is 12.5. The minimum atomic E-state index is -4.66. The first-order valence-electron chi connectivity index (χ1n) is 16.8. The van der Waals surface area contributed by atoms with Gasteiger partial charge in [-0.1, -0.05) is 66.7 Å². The zero-order chi connectivity index (χ0) is 37.3. The molecule has 13 heteroatoms. The molecule has 10 nitrogen and oxygen atoms in total. The van der Waals surface area contributed by atoms with E-state index in [-0.39, 0.29) is 28.2 Å². The zero-order valence-corrected chi connectivity index (χ0v) is 30.2. The van der Waals surface area contributed by atoms with Crippen molar-refractivity contribution in [2.75, 3.05) is 19.6 Å². The molecule has 0 unspecified atom stereocenters. The van der Waals surface area contributed by atoms with Gasteiger partial charge in [-0.2, -0.15) is 4.98 Å². The lowest BCUT2D eigenvalue weighted by atomic mass is 9.85.